The summed E-state index contributed by atoms with van der Waals surface area (Å²) in [7, 11) is -3.73. The van der Waals surface area contributed by atoms with E-state index in [1.54, 1.807) is 0 Å². The van der Waals surface area contributed by atoms with E-state index >= 15 is 0 Å². The molecule has 9 heteroatoms. The third kappa shape index (κ3) is 3.17. The highest BCUT2D eigenvalue weighted by Crippen LogP contribution is 2.33. The van der Waals surface area contributed by atoms with Gasteiger partial charge in [0, 0.05) is 19.2 Å². The van der Waals surface area contributed by atoms with Gasteiger partial charge in [-0.2, -0.15) is 0 Å². The van der Waals surface area contributed by atoms with E-state index in [1.807, 2.05) is 0 Å². The lowest BCUT2D eigenvalue weighted by atomic mass is 10.2. The Morgan fingerprint density at radius 3 is 2.39 bits per heavy atom. The lowest BCUT2D eigenvalue weighted by Crippen LogP contribution is -2.11. The number of nitrogens with zero attached hydrogens (tertiary/aromatic N) is 1. The molecule has 0 bridgehead atoms. The molecule has 0 saturated heterocycles. The second kappa shape index (κ2) is 4.91. The highest BCUT2D eigenvalue weighted by Gasteiger charge is 2.22. The van der Waals surface area contributed by atoms with E-state index in [9.17, 15) is 23.3 Å². The van der Waals surface area contributed by atoms with Crippen LogP contribution in [0.2, 0.25) is 5.02 Å². The molecule has 7 nitrogen and oxygen atoms in total. The molecular formula is C9H9ClN2O5S. The summed E-state index contributed by atoms with van der Waals surface area (Å²) in [5.41, 5.74) is -0.619. The molecule has 1 aromatic rings. The molecule has 0 saturated carbocycles. The predicted octanol–water partition coefficient (Wildman–Crippen LogP) is 1.61. The van der Waals surface area contributed by atoms with Gasteiger partial charge in [0.25, 0.3) is 5.69 Å². The van der Waals surface area contributed by atoms with Crippen molar-refractivity contribution in [1.82, 2.24) is 0 Å². The molecule has 1 amide bonds. The minimum Gasteiger partial charge on any atom is -0.325 e. The van der Waals surface area contributed by atoms with E-state index in [0.29, 0.717) is 0 Å². The number of nitro groups is 1. The maximum atomic E-state index is 11.5. The molecule has 1 aromatic carbocycles. The smallest absolute Gasteiger partial charge is 0.289 e. The van der Waals surface area contributed by atoms with E-state index in [1.165, 1.54) is 6.92 Å². The normalized spacial score (nSPS) is 11.1. The van der Waals surface area contributed by atoms with Crippen LogP contribution in [0, 0.1) is 10.1 Å². The maximum Gasteiger partial charge on any atom is 0.289 e. The summed E-state index contributed by atoms with van der Waals surface area (Å²) in [5, 5.41) is 12.7. The van der Waals surface area contributed by atoms with Gasteiger partial charge in [0.05, 0.1) is 15.5 Å². The number of nitrogens with one attached hydrogen (secondary N) is 1. The fourth-order valence-corrected chi connectivity index (χ4v) is 2.34. The number of benzene rings is 1. The van der Waals surface area contributed by atoms with Gasteiger partial charge in [0.15, 0.2) is 9.84 Å². The van der Waals surface area contributed by atoms with Gasteiger partial charge in [0.1, 0.15) is 5.02 Å². The van der Waals surface area contributed by atoms with Crippen LogP contribution < -0.4 is 5.32 Å². The quantitative estimate of drug-likeness (QED) is 0.673. The lowest BCUT2D eigenvalue weighted by Gasteiger charge is -2.09. The molecule has 1 N–H and O–H groups in total. The molecule has 0 spiro atoms. The van der Waals surface area contributed by atoms with E-state index in [0.717, 1.165) is 18.4 Å². The van der Waals surface area contributed by atoms with Gasteiger partial charge >= 0.3 is 0 Å². The van der Waals surface area contributed by atoms with Crippen LogP contribution in [0.1, 0.15) is 6.92 Å². The van der Waals surface area contributed by atoms with Crippen molar-refractivity contribution in [2.45, 2.75) is 11.8 Å². The fourth-order valence-electron chi connectivity index (χ4n) is 1.28. The van der Waals surface area contributed by atoms with Crippen molar-refractivity contribution in [1.29, 1.82) is 0 Å². The number of hydrogen-bond acceptors (Lipinski definition) is 5. The topological polar surface area (TPSA) is 106 Å². The fraction of sp³-hybridized carbons (Fsp3) is 0.222. The molecule has 0 aromatic heterocycles. The Morgan fingerprint density at radius 2 is 2.00 bits per heavy atom. The highest BCUT2D eigenvalue weighted by atomic mass is 35.5. The lowest BCUT2D eigenvalue weighted by molar-refractivity contribution is -0.384. The number of nitro benzene ring substituents is 1. The largest absolute Gasteiger partial charge is 0.325 e. The van der Waals surface area contributed by atoms with Crippen molar-refractivity contribution in [2.24, 2.45) is 0 Å². The van der Waals surface area contributed by atoms with Crippen LogP contribution in [-0.2, 0) is 14.6 Å². The average molecular weight is 293 g/mol. The standard InChI is InChI=1S/C9H9ClN2O5S/c1-5(13)11-7-3-6(10)8(12(14)15)4-9(7)18(2,16)17/h3-4H,1-2H3,(H,11,13). The van der Waals surface area contributed by atoms with Gasteiger partial charge in [0.2, 0.25) is 5.91 Å². The van der Waals surface area contributed by atoms with Gasteiger partial charge < -0.3 is 5.32 Å². The first-order chi connectivity index (χ1) is 8.12. The van der Waals surface area contributed by atoms with Crippen LogP contribution in [0.5, 0.6) is 0 Å². The number of carbonyl (C=O) groups is 1. The molecular weight excluding hydrogens is 284 g/mol. The Hall–Kier alpha value is -1.67. The third-order valence-electron chi connectivity index (χ3n) is 1.96. The van der Waals surface area contributed by atoms with Crippen molar-refractivity contribution < 1.29 is 18.1 Å². The highest BCUT2D eigenvalue weighted by molar-refractivity contribution is 7.90. The second-order valence-corrected chi connectivity index (χ2v) is 5.90. The monoisotopic (exact) mass is 292 g/mol. The van der Waals surface area contributed by atoms with Crippen LogP contribution >= 0.6 is 11.6 Å². The van der Waals surface area contributed by atoms with Crippen molar-refractivity contribution in [2.75, 3.05) is 11.6 Å². The first-order valence-electron chi connectivity index (χ1n) is 4.58. The first-order valence-corrected chi connectivity index (χ1v) is 6.85. The molecule has 18 heavy (non-hydrogen) atoms. The molecule has 1 rings (SSSR count). The number of hydrogen-bond donors (Lipinski definition) is 1. The Morgan fingerprint density at radius 1 is 1.44 bits per heavy atom. The minimum absolute atomic E-state index is 0.0828. The van der Waals surface area contributed by atoms with Gasteiger partial charge in [-0.1, -0.05) is 11.6 Å². The zero-order chi connectivity index (χ0) is 14.1. The molecule has 0 aliphatic rings. The molecule has 98 valence electrons. The van der Waals surface area contributed by atoms with Crippen LogP contribution in [0.15, 0.2) is 17.0 Å². The number of anilines is 1. The van der Waals surface area contributed by atoms with Gasteiger partial charge in [-0.3, -0.25) is 14.9 Å². The SMILES string of the molecule is CC(=O)Nc1cc(Cl)c([N+](=O)[O-])cc1S(C)(=O)=O. The number of halogens is 1. The van der Waals surface area contributed by atoms with E-state index in [2.05, 4.69) is 5.32 Å². The number of amides is 1. The molecule has 0 heterocycles. The second-order valence-electron chi connectivity index (χ2n) is 3.51. The molecule has 0 atom stereocenters. The minimum atomic E-state index is -3.73. The summed E-state index contributed by atoms with van der Waals surface area (Å²) in [6.07, 6.45) is 0.880. The van der Waals surface area contributed by atoms with Gasteiger partial charge in [-0.05, 0) is 6.07 Å². The Labute approximate surface area is 108 Å². The summed E-state index contributed by atoms with van der Waals surface area (Å²) in [4.78, 5) is 20.5. The Balaban J connectivity index is 3.57. The summed E-state index contributed by atoms with van der Waals surface area (Å²) < 4.78 is 23.0. The average Bonchev–Trinajstić information content (AvgIpc) is 2.13. The van der Waals surface area contributed by atoms with Gasteiger partial charge in [-0.25, -0.2) is 8.42 Å². The van der Waals surface area contributed by atoms with Crippen molar-refractivity contribution in [3.63, 3.8) is 0 Å². The number of carbonyl (C=O) groups excluding carboxylic acids is 1. The number of sulfone groups is 1. The van der Waals surface area contributed by atoms with E-state index in [4.69, 9.17) is 11.6 Å². The van der Waals surface area contributed by atoms with Crippen LogP contribution in [0.25, 0.3) is 0 Å². The van der Waals surface area contributed by atoms with Crippen molar-refractivity contribution in [3.8, 4) is 0 Å². The molecule has 0 fully saturated rings. The molecule has 0 aliphatic heterocycles. The summed E-state index contributed by atoms with van der Waals surface area (Å²) >= 11 is 5.64. The number of rotatable bonds is 3. The van der Waals surface area contributed by atoms with E-state index in [-0.39, 0.29) is 15.6 Å². The Kier molecular flexibility index (Phi) is 3.92. The zero-order valence-corrected chi connectivity index (χ0v) is 11.0. The molecule has 0 unspecified atom stereocenters. The zero-order valence-electron chi connectivity index (χ0n) is 9.43. The summed E-state index contributed by atoms with van der Waals surface area (Å²) in [6.45, 7) is 1.18. The third-order valence-corrected chi connectivity index (χ3v) is 3.40. The summed E-state index contributed by atoms with van der Waals surface area (Å²) in [6, 6.07) is 1.86. The molecule has 0 aliphatic carbocycles. The van der Waals surface area contributed by atoms with Crippen molar-refractivity contribution >= 4 is 38.7 Å². The van der Waals surface area contributed by atoms with Gasteiger partial charge in [-0.15, -0.1) is 0 Å². The van der Waals surface area contributed by atoms with Crippen LogP contribution in [0.3, 0.4) is 0 Å². The van der Waals surface area contributed by atoms with Crippen LogP contribution in [-0.4, -0.2) is 25.5 Å². The first kappa shape index (κ1) is 14.4. The van der Waals surface area contributed by atoms with Crippen molar-refractivity contribution in [3.05, 3.63) is 27.3 Å². The van der Waals surface area contributed by atoms with E-state index < -0.39 is 26.4 Å². The summed E-state index contributed by atoms with van der Waals surface area (Å²) in [5.74, 6) is -0.509. The maximum absolute atomic E-state index is 11.5. The molecule has 0 radical (unpaired) electrons. The van der Waals surface area contributed by atoms with Crippen LogP contribution in [0.4, 0.5) is 11.4 Å². The predicted molar refractivity (Wildman–Crippen MR) is 65.5 cm³/mol. The Bertz CT molecular complexity index is 626.